The molecule has 21 heavy (non-hydrogen) atoms. The second kappa shape index (κ2) is 6.74. The van der Waals surface area contributed by atoms with E-state index in [1.807, 2.05) is 30.3 Å². The molecule has 0 amide bonds. The zero-order chi connectivity index (χ0) is 15.2. The molecule has 0 saturated carbocycles. The van der Waals surface area contributed by atoms with Crippen molar-refractivity contribution in [2.45, 2.75) is 13.5 Å². The highest BCUT2D eigenvalue weighted by Gasteiger charge is 2.09. The molecular weight excluding hydrogens is 266 g/mol. The monoisotopic (exact) mass is 285 g/mol. The largest absolute Gasteiger partial charge is 0.465 e. The number of nitrogen functional groups attached to an aromatic ring is 1. The number of benzene rings is 1. The van der Waals surface area contributed by atoms with Gasteiger partial charge in [0.2, 0.25) is 0 Å². The first-order valence-corrected chi connectivity index (χ1v) is 6.77. The Labute approximate surface area is 124 Å². The molecule has 1 aromatic heterocycles. The van der Waals surface area contributed by atoms with Crippen LogP contribution in [0.15, 0.2) is 42.6 Å². The minimum atomic E-state index is -0.378. The van der Waals surface area contributed by atoms with Crippen LogP contribution in [0.25, 0.3) is 0 Å². The number of nitrogens with two attached hydrogens (primary N) is 1. The summed E-state index contributed by atoms with van der Waals surface area (Å²) >= 11 is 0. The standard InChI is InChI=1S/C16H19N3O2/c1-3-19(15-6-4-5-13(17)9-15)11-14-8-7-12(10-18-14)16(20)21-2/h4-10H,3,11,17H2,1-2H3. The summed E-state index contributed by atoms with van der Waals surface area (Å²) in [7, 11) is 1.36. The molecule has 5 heteroatoms. The predicted octanol–water partition coefficient (Wildman–Crippen LogP) is 2.48. The SMILES string of the molecule is CCN(Cc1ccc(C(=O)OC)cn1)c1cccc(N)c1. The van der Waals surface area contributed by atoms with Gasteiger partial charge < -0.3 is 15.4 Å². The molecule has 0 fully saturated rings. The van der Waals surface area contributed by atoms with Crippen LogP contribution in [0, 0.1) is 0 Å². The molecule has 0 spiro atoms. The van der Waals surface area contributed by atoms with Gasteiger partial charge in [0, 0.05) is 24.1 Å². The van der Waals surface area contributed by atoms with Crippen LogP contribution in [0.3, 0.4) is 0 Å². The quantitative estimate of drug-likeness (QED) is 0.675. The fourth-order valence-corrected chi connectivity index (χ4v) is 2.06. The summed E-state index contributed by atoms with van der Waals surface area (Å²) in [5.41, 5.74) is 8.94. The normalized spacial score (nSPS) is 10.2. The Morgan fingerprint density at radius 2 is 2.14 bits per heavy atom. The Kier molecular flexibility index (Phi) is 4.77. The molecule has 110 valence electrons. The van der Waals surface area contributed by atoms with Crippen molar-refractivity contribution >= 4 is 17.3 Å². The van der Waals surface area contributed by atoms with Crippen molar-refractivity contribution in [3.05, 3.63) is 53.9 Å². The van der Waals surface area contributed by atoms with Crippen LogP contribution in [0.5, 0.6) is 0 Å². The third-order valence-electron chi connectivity index (χ3n) is 3.22. The van der Waals surface area contributed by atoms with Crippen LogP contribution < -0.4 is 10.6 Å². The number of hydrogen-bond donors (Lipinski definition) is 1. The lowest BCUT2D eigenvalue weighted by Crippen LogP contribution is -2.22. The topological polar surface area (TPSA) is 68.5 Å². The highest BCUT2D eigenvalue weighted by Crippen LogP contribution is 2.19. The number of methoxy groups -OCH3 is 1. The van der Waals surface area contributed by atoms with Gasteiger partial charge >= 0.3 is 5.97 Å². The van der Waals surface area contributed by atoms with Crippen molar-refractivity contribution in [3.63, 3.8) is 0 Å². The first-order valence-electron chi connectivity index (χ1n) is 6.77. The molecule has 0 radical (unpaired) electrons. The van der Waals surface area contributed by atoms with Gasteiger partial charge in [-0.3, -0.25) is 4.98 Å². The van der Waals surface area contributed by atoms with Gasteiger partial charge in [-0.2, -0.15) is 0 Å². The summed E-state index contributed by atoms with van der Waals surface area (Å²) in [5, 5.41) is 0. The van der Waals surface area contributed by atoms with E-state index in [9.17, 15) is 4.79 Å². The van der Waals surface area contributed by atoms with Crippen LogP contribution in [-0.4, -0.2) is 24.6 Å². The summed E-state index contributed by atoms with van der Waals surface area (Å²) in [4.78, 5) is 17.8. The fraction of sp³-hybridized carbons (Fsp3) is 0.250. The Hall–Kier alpha value is -2.56. The van der Waals surface area contributed by atoms with Crippen molar-refractivity contribution in [1.29, 1.82) is 0 Å². The van der Waals surface area contributed by atoms with Gasteiger partial charge in [-0.05, 0) is 37.3 Å². The number of esters is 1. The van der Waals surface area contributed by atoms with Crippen molar-refractivity contribution in [1.82, 2.24) is 4.98 Å². The van der Waals surface area contributed by atoms with Crippen LogP contribution in [-0.2, 0) is 11.3 Å². The maximum absolute atomic E-state index is 11.4. The van der Waals surface area contributed by atoms with Gasteiger partial charge in [0.25, 0.3) is 0 Å². The molecular formula is C16H19N3O2. The second-order valence-electron chi connectivity index (χ2n) is 4.64. The maximum atomic E-state index is 11.4. The minimum absolute atomic E-state index is 0.378. The van der Waals surface area contributed by atoms with Crippen LogP contribution in [0.4, 0.5) is 11.4 Å². The van der Waals surface area contributed by atoms with Crippen molar-refractivity contribution in [3.8, 4) is 0 Å². The van der Waals surface area contributed by atoms with E-state index in [2.05, 4.69) is 21.5 Å². The first kappa shape index (κ1) is 14.8. The van der Waals surface area contributed by atoms with Crippen molar-refractivity contribution in [2.75, 3.05) is 24.3 Å². The molecule has 2 rings (SSSR count). The Bertz CT molecular complexity index is 611. The van der Waals surface area contributed by atoms with Gasteiger partial charge in [-0.15, -0.1) is 0 Å². The smallest absolute Gasteiger partial charge is 0.339 e. The van der Waals surface area contributed by atoms with Gasteiger partial charge in [-0.1, -0.05) is 6.07 Å². The van der Waals surface area contributed by atoms with Crippen LogP contribution in [0.2, 0.25) is 0 Å². The Morgan fingerprint density at radius 1 is 1.33 bits per heavy atom. The number of rotatable bonds is 5. The molecule has 0 aliphatic rings. The molecule has 1 aromatic carbocycles. The van der Waals surface area contributed by atoms with E-state index in [4.69, 9.17) is 5.73 Å². The van der Waals surface area contributed by atoms with Gasteiger partial charge in [-0.25, -0.2) is 4.79 Å². The van der Waals surface area contributed by atoms with E-state index < -0.39 is 0 Å². The summed E-state index contributed by atoms with van der Waals surface area (Å²) in [6.45, 7) is 3.57. The number of hydrogen-bond acceptors (Lipinski definition) is 5. The highest BCUT2D eigenvalue weighted by molar-refractivity contribution is 5.88. The van der Waals surface area contributed by atoms with Gasteiger partial charge in [0.1, 0.15) is 0 Å². The summed E-state index contributed by atoms with van der Waals surface area (Å²) < 4.78 is 4.66. The zero-order valence-corrected chi connectivity index (χ0v) is 12.2. The number of carbonyl (C=O) groups is 1. The molecule has 0 bridgehead atoms. The molecule has 0 atom stereocenters. The predicted molar refractivity (Wildman–Crippen MR) is 83.2 cm³/mol. The fourth-order valence-electron chi connectivity index (χ4n) is 2.06. The minimum Gasteiger partial charge on any atom is -0.465 e. The summed E-state index contributed by atoms with van der Waals surface area (Å²) in [5.74, 6) is -0.378. The summed E-state index contributed by atoms with van der Waals surface area (Å²) in [6, 6.07) is 11.3. The van der Waals surface area contributed by atoms with Crippen LogP contribution >= 0.6 is 0 Å². The van der Waals surface area contributed by atoms with Crippen molar-refractivity contribution in [2.24, 2.45) is 0 Å². The van der Waals surface area contributed by atoms with E-state index >= 15 is 0 Å². The Morgan fingerprint density at radius 3 is 2.71 bits per heavy atom. The number of pyridine rings is 1. The second-order valence-corrected chi connectivity index (χ2v) is 4.64. The average Bonchev–Trinajstić information content (AvgIpc) is 2.52. The molecule has 0 aliphatic carbocycles. The molecule has 5 nitrogen and oxygen atoms in total. The molecule has 0 unspecified atom stereocenters. The lowest BCUT2D eigenvalue weighted by atomic mass is 10.2. The van der Waals surface area contributed by atoms with Crippen molar-refractivity contribution < 1.29 is 9.53 Å². The van der Waals surface area contributed by atoms with E-state index in [0.717, 1.165) is 23.6 Å². The van der Waals surface area contributed by atoms with E-state index in [1.54, 1.807) is 6.07 Å². The molecule has 0 saturated heterocycles. The number of carbonyl (C=O) groups excluding carboxylic acids is 1. The number of aromatic nitrogens is 1. The summed E-state index contributed by atoms with van der Waals surface area (Å²) in [6.07, 6.45) is 1.54. The molecule has 1 heterocycles. The highest BCUT2D eigenvalue weighted by atomic mass is 16.5. The first-order chi connectivity index (χ1) is 10.1. The number of ether oxygens (including phenoxy) is 1. The Balaban J connectivity index is 2.13. The molecule has 0 aliphatic heterocycles. The average molecular weight is 285 g/mol. The lowest BCUT2D eigenvalue weighted by molar-refractivity contribution is 0.0600. The zero-order valence-electron chi connectivity index (χ0n) is 12.2. The maximum Gasteiger partial charge on any atom is 0.339 e. The van der Waals surface area contributed by atoms with E-state index in [-0.39, 0.29) is 5.97 Å². The molecule has 2 aromatic rings. The van der Waals surface area contributed by atoms with Crippen LogP contribution in [0.1, 0.15) is 23.0 Å². The lowest BCUT2D eigenvalue weighted by Gasteiger charge is -2.23. The van der Waals surface area contributed by atoms with E-state index in [0.29, 0.717) is 12.1 Å². The van der Waals surface area contributed by atoms with Gasteiger partial charge in [0.15, 0.2) is 0 Å². The number of anilines is 2. The van der Waals surface area contributed by atoms with Gasteiger partial charge in [0.05, 0.1) is 24.9 Å². The third-order valence-corrected chi connectivity index (χ3v) is 3.22. The third kappa shape index (κ3) is 3.72. The van der Waals surface area contributed by atoms with E-state index in [1.165, 1.54) is 13.3 Å². The number of nitrogens with zero attached hydrogens (tertiary/aromatic N) is 2. The molecule has 2 N–H and O–H groups in total.